The Morgan fingerprint density at radius 2 is 2.47 bits per heavy atom. The molecule has 1 N–H and O–H groups in total. The highest BCUT2D eigenvalue weighted by molar-refractivity contribution is 7.10. The molecule has 0 spiro atoms. The van der Waals surface area contributed by atoms with Gasteiger partial charge >= 0.3 is 0 Å². The lowest BCUT2D eigenvalue weighted by molar-refractivity contribution is 0.517. The number of hydrogen-bond donors (Lipinski definition) is 1. The summed E-state index contributed by atoms with van der Waals surface area (Å²) in [4.78, 5) is 5.74. The van der Waals surface area contributed by atoms with Gasteiger partial charge in [-0.1, -0.05) is 0 Å². The molecule has 3 nitrogen and oxygen atoms in total. The molecule has 2 aromatic heterocycles. The number of nitrogens with zero attached hydrogens (tertiary/aromatic N) is 2. The molecular weight excluding hydrogens is 206 g/mol. The molecule has 78 valence electrons. The quantitative estimate of drug-likeness (QED) is 0.795. The van der Waals surface area contributed by atoms with E-state index in [2.05, 4.69) is 34.1 Å². The van der Waals surface area contributed by atoms with Crippen LogP contribution in [0, 0.1) is 6.92 Å². The van der Waals surface area contributed by atoms with Crippen molar-refractivity contribution in [3.8, 4) is 11.3 Å². The molecule has 1 aliphatic rings. The van der Waals surface area contributed by atoms with Gasteiger partial charge in [0.2, 0.25) is 0 Å². The maximum Gasteiger partial charge on any atom is 0.0858 e. The maximum absolute atomic E-state index is 4.44. The largest absolute Gasteiger partial charge is 0.348 e. The van der Waals surface area contributed by atoms with Gasteiger partial charge in [0, 0.05) is 42.0 Å². The van der Waals surface area contributed by atoms with Gasteiger partial charge in [-0.2, -0.15) is 0 Å². The van der Waals surface area contributed by atoms with Crippen LogP contribution in [-0.4, -0.2) is 16.1 Å². The van der Waals surface area contributed by atoms with E-state index in [1.165, 1.54) is 16.1 Å². The van der Waals surface area contributed by atoms with Gasteiger partial charge in [0.05, 0.1) is 11.2 Å². The van der Waals surface area contributed by atoms with Gasteiger partial charge in [0.25, 0.3) is 0 Å². The lowest BCUT2D eigenvalue weighted by atomic mass is 10.1. The third kappa shape index (κ3) is 1.41. The van der Waals surface area contributed by atoms with Crippen molar-refractivity contribution in [3.05, 3.63) is 28.3 Å². The van der Waals surface area contributed by atoms with Gasteiger partial charge in [0.15, 0.2) is 0 Å². The van der Waals surface area contributed by atoms with Crippen LogP contribution < -0.4 is 5.32 Å². The number of aryl methyl sites for hydroxylation is 1. The smallest absolute Gasteiger partial charge is 0.0858 e. The Morgan fingerprint density at radius 3 is 3.27 bits per heavy atom. The van der Waals surface area contributed by atoms with Crippen LogP contribution >= 0.6 is 11.3 Å². The van der Waals surface area contributed by atoms with Crippen molar-refractivity contribution in [2.75, 3.05) is 6.54 Å². The molecule has 0 saturated heterocycles. The Labute approximate surface area is 92.8 Å². The van der Waals surface area contributed by atoms with E-state index in [0.717, 1.165) is 25.3 Å². The summed E-state index contributed by atoms with van der Waals surface area (Å²) in [5, 5.41) is 3.40. The van der Waals surface area contributed by atoms with Crippen molar-refractivity contribution in [1.82, 2.24) is 14.9 Å². The van der Waals surface area contributed by atoms with Crippen LogP contribution in [0.5, 0.6) is 0 Å². The molecule has 0 bridgehead atoms. The molecule has 1 aliphatic heterocycles. The first-order valence-electron chi connectivity index (χ1n) is 5.15. The zero-order chi connectivity index (χ0) is 10.3. The molecule has 0 radical (unpaired) electrons. The van der Waals surface area contributed by atoms with E-state index >= 15 is 0 Å². The van der Waals surface area contributed by atoms with Crippen LogP contribution in [0.25, 0.3) is 11.3 Å². The second kappa shape index (κ2) is 3.47. The molecule has 3 heterocycles. The van der Waals surface area contributed by atoms with Crippen molar-refractivity contribution in [2.45, 2.75) is 20.0 Å². The number of rotatable bonds is 1. The Morgan fingerprint density at radius 1 is 1.53 bits per heavy atom. The summed E-state index contributed by atoms with van der Waals surface area (Å²) in [5.41, 5.74) is 5.74. The summed E-state index contributed by atoms with van der Waals surface area (Å²) in [5.74, 6) is 0. The molecule has 2 aromatic rings. The Hall–Kier alpha value is -1.13. The predicted molar refractivity (Wildman–Crippen MR) is 62.0 cm³/mol. The van der Waals surface area contributed by atoms with Crippen molar-refractivity contribution >= 4 is 11.3 Å². The zero-order valence-electron chi connectivity index (χ0n) is 8.66. The van der Waals surface area contributed by atoms with E-state index in [1.807, 2.05) is 5.51 Å². The molecule has 0 atom stereocenters. The third-order valence-electron chi connectivity index (χ3n) is 2.90. The molecule has 0 amide bonds. The third-order valence-corrected chi connectivity index (χ3v) is 3.66. The fourth-order valence-corrected chi connectivity index (χ4v) is 2.69. The normalized spacial score (nSPS) is 15.3. The van der Waals surface area contributed by atoms with Gasteiger partial charge in [-0.05, 0) is 13.0 Å². The highest BCUT2D eigenvalue weighted by atomic mass is 32.1. The van der Waals surface area contributed by atoms with Crippen molar-refractivity contribution in [1.29, 1.82) is 0 Å². The van der Waals surface area contributed by atoms with E-state index in [-0.39, 0.29) is 0 Å². The second-order valence-electron chi connectivity index (χ2n) is 3.80. The fourth-order valence-electron chi connectivity index (χ4n) is 2.10. The predicted octanol–water partition coefficient (Wildman–Crippen LogP) is 2.02. The van der Waals surface area contributed by atoms with E-state index in [4.69, 9.17) is 0 Å². The summed E-state index contributed by atoms with van der Waals surface area (Å²) in [6.07, 6.45) is 2.17. The van der Waals surface area contributed by atoms with E-state index in [1.54, 1.807) is 11.3 Å². The average Bonchev–Trinajstić information content (AvgIpc) is 2.83. The van der Waals surface area contributed by atoms with E-state index in [0.29, 0.717) is 0 Å². The molecule has 4 heteroatoms. The van der Waals surface area contributed by atoms with Crippen molar-refractivity contribution in [2.24, 2.45) is 0 Å². The van der Waals surface area contributed by atoms with Crippen LogP contribution in [0.4, 0.5) is 0 Å². The van der Waals surface area contributed by atoms with Crippen molar-refractivity contribution in [3.63, 3.8) is 0 Å². The van der Waals surface area contributed by atoms with Gasteiger partial charge in [-0.15, -0.1) is 11.3 Å². The number of thiazole rings is 1. The summed E-state index contributed by atoms with van der Waals surface area (Å²) in [7, 11) is 0. The van der Waals surface area contributed by atoms with Crippen LogP contribution in [-0.2, 0) is 13.1 Å². The topological polar surface area (TPSA) is 29.9 Å². The zero-order valence-corrected chi connectivity index (χ0v) is 9.47. The summed E-state index contributed by atoms with van der Waals surface area (Å²) in [6.45, 7) is 5.22. The van der Waals surface area contributed by atoms with Gasteiger partial charge in [-0.3, -0.25) is 0 Å². The molecule has 0 unspecified atom stereocenters. The average molecular weight is 219 g/mol. The minimum absolute atomic E-state index is 0.958. The molecule has 0 saturated carbocycles. The molecule has 15 heavy (non-hydrogen) atoms. The Balaban J connectivity index is 2.13. The summed E-state index contributed by atoms with van der Waals surface area (Å²) >= 11 is 1.71. The number of hydrogen-bond acceptors (Lipinski definition) is 3. The first-order valence-corrected chi connectivity index (χ1v) is 6.03. The first kappa shape index (κ1) is 9.12. The minimum Gasteiger partial charge on any atom is -0.348 e. The maximum atomic E-state index is 4.44. The molecule has 0 aliphatic carbocycles. The highest BCUT2D eigenvalue weighted by Gasteiger charge is 2.16. The van der Waals surface area contributed by atoms with Gasteiger partial charge in [0.1, 0.15) is 0 Å². The van der Waals surface area contributed by atoms with Crippen LogP contribution in [0.15, 0.2) is 17.8 Å². The van der Waals surface area contributed by atoms with Crippen LogP contribution in [0.1, 0.15) is 10.6 Å². The fraction of sp³-hybridized carbons (Fsp3) is 0.364. The summed E-state index contributed by atoms with van der Waals surface area (Å²) in [6, 6.07) is 2.18. The van der Waals surface area contributed by atoms with Gasteiger partial charge < -0.3 is 9.88 Å². The standard InChI is InChI=1S/C11H13N3S/c1-8-11(13-7-15-8)9-2-4-14-5-3-12-6-10(9)14/h2,4,7,12H,3,5-6H2,1H3. The number of nitrogens with one attached hydrogen (secondary N) is 1. The highest BCUT2D eigenvalue weighted by Crippen LogP contribution is 2.29. The lowest BCUT2D eigenvalue weighted by Crippen LogP contribution is -2.27. The van der Waals surface area contributed by atoms with Gasteiger partial charge in [-0.25, -0.2) is 4.98 Å². The molecular formula is C11H13N3S. The Kier molecular flexibility index (Phi) is 2.11. The van der Waals surface area contributed by atoms with Crippen LogP contribution in [0.3, 0.4) is 0 Å². The summed E-state index contributed by atoms with van der Waals surface area (Å²) < 4.78 is 2.32. The van der Waals surface area contributed by atoms with E-state index < -0.39 is 0 Å². The molecule has 0 fully saturated rings. The van der Waals surface area contributed by atoms with Crippen molar-refractivity contribution < 1.29 is 0 Å². The lowest BCUT2D eigenvalue weighted by Gasteiger charge is -2.17. The first-order chi connectivity index (χ1) is 7.36. The van der Waals surface area contributed by atoms with E-state index in [9.17, 15) is 0 Å². The molecule has 0 aromatic carbocycles. The number of fused-ring (bicyclic) bond motifs is 1. The second-order valence-corrected chi connectivity index (χ2v) is 4.86. The van der Waals surface area contributed by atoms with Crippen LogP contribution in [0.2, 0.25) is 0 Å². The minimum atomic E-state index is 0.958. The SMILES string of the molecule is Cc1scnc1-c1ccn2c1CNCC2. The number of aromatic nitrogens is 2. The molecule has 3 rings (SSSR count). The monoisotopic (exact) mass is 219 g/mol. The Bertz CT molecular complexity index is 484.